The summed E-state index contributed by atoms with van der Waals surface area (Å²) in [6.07, 6.45) is 2.81. The SMILES string of the molecule is O=C(COc1ccc(Cl)cc1[N+](=O)[O-])Nc1cc(Cl)ccc1-n1cncn1. The second-order valence-electron chi connectivity index (χ2n) is 5.21. The number of hydrogen-bond acceptors (Lipinski definition) is 6. The summed E-state index contributed by atoms with van der Waals surface area (Å²) in [6.45, 7) is -0.453. The first kappa shape index (κ1) is 18.6. The molecule has 1 aromatic heterocycles. The first-order valence-electron chi connectivity index (χ1n) is 7.45. The molecule has 0 aliphatic carbocycles. The summed E-state index contributed by atoms with van der Waals surface area (Å²) in [6, 6.07) is 8.75. The Balaban J connectivity index is 1.74. The van der Waals surface area contributed by atoms with Crippen molar-refractivity contribution in [2.45, 2.75) is 0 Å². The number of amides is 1. The summed E-state index contributed by atoms with van der Waals surface area (Å²) in [5, 5.41) is 18.3. The molecule has 0 aliphatic rings. The van der Waals surface area contributed by atoms with E-state index in [1.807, 2.05) is 0 Å². The van der Waals surface area contributed by atoms with Crippen LogP contribution < -0.4 is 10.1 Å². The van der Waals surface area contributed by atoms with Gasteiger partial charge in [-0.1, -0.05) is 23.2 Å². The van der Waals surface area contributed by atoms with Gasteiger partial charge in [-0.2, -0.15) is 5.10 Å². The number of anilines is 1. The van der Waals surface area contributed by atoms with Gasteiger partial charge >= 0.3 is 5.69 Å². The second kappa shape index (κ2) is 8.02. The Morgan fingerprint density at radius 2 is 1.96 bits per heavy atom. The van der Waals surface area contributed by atoms with Crippen molar-refractivity contribution in [2.24, 2.45) is 0 Å². The van der Waals surface area contributed by atoms with Gasteiger partial charge in [-0.05, 0) is 30.3 Å². The number of hydrogen-bond donors (Lipinski definition) is 1. The van der Waals surface area contributed by atoms with Gasteiger partial charge in [0.2, 0.25) is 0 Å². The Morgan fingerprint density at radius 1 is 1.22 bits per heavy atom. The number of carbonyl (C=O) groups excluding carboxylic acids is 1. The summed E-state index contributed by atoms with van der Waals surface area (Å²) in [7, 11) is 0. The first-order chi connectivity index (χ1) is 12.9. The van der Waals surface area contributed by atoms with Crippen LogP contribution in [0.5, 0.6) is 5.75 Å². The van der Waals surface area contributed by atoms with E-state index in [-0.39, 0.29) is 16.5 Å². The summed E-state index contributed by atoms with van der Waals surface area (Å²) < 4.78 is 6.72. The molecule has 0 aliphatic heterocycles. The third-order valence-corrected chi connectivity index (χ3v) is 3.84. The number of aromatic nitrogens is 3. The highest BCUT2D eigenvalue weighted by Crippen LogP contribution is 2.30. The normalized spacial score (nSPS) is 10.4. The van der Waals surface area contributed by atoms with Crippen LogP contribution in [0.2, 0.25) is 10.0 Å². The van der Waals surface area contributed by atoms with Crippen molar-refractivity contribution in [3.63, 3.8) is 0 Å². The fourth-order valence-corrected chi connectivity index (χ4v) is 2.56. The van der Waals surface area contributed by atoms with Crippen molar-refractivity contribution in [2.75, 3.05) is 11.9 Å². The Hall–Kier alpha value is -3.17. The molecule has 1 heterocycles. The molecule has 9 nitrogen and oxygen atoms in total. The predicted octanol–water partition coefficient (Wildman–Crippen LogP) is 3.50. The minimum atomic E-state index is -0.640. The van der Waals surface area contributed by atoms with Crippen LogP contribution in [-0.4, -0.2) is 32.2 Å². The molecule has 11 heteroatoms. The van der Waals surface area contributed by atoms with Crippen molar-refractivity contribution in [1.82, 2.24) is 14.8 Å². The zero-order valence-corrected chi connectivity index (χ0v) is 15.0. The standard InChI is InChI=1S/C16H11Cl2N5O4/c17-10-1-3-13(22-9-19-8-20-22)12(5-10)21-16(24)7-27-15-4-2-11(18)6-14(15)23(25)26/h1-6,8-9H,7H2,(H,21,24). The molecule has 0 fully saturated rings. The number of benzene rings is 2. The van der Waals surface area contributed by atoms with Crippen LogP contribution in [0, 0.1) is 10.1 Å². The molecular formula is C16H11Cl2N5O4. The number of nitro groups is 1. The van der Waals surface area contributed by atoms with Gasteiger partial charge in [0.1, 0.15) is 12.7 Å². The van der Waals surface area contributed by atoms with E-state index in [9.17, 15) is 14.9 Å². The quantitative estimate of drug-likeness (QED) is 0.494. The van der Waals surface area contributed by atoms with Crippen molar-refractivity contribution in [3.8, 4) is 11.4 Å². The van der Waals surface area contributed by atoms with Crippen LogP contribution >= 0.6 is 23.2 Å². The molecule has 0 radical (unpaired) electrons. The van der Waals surface area contributed by atoms with Crippen LogP contribution in [0.25, 0.3) is 5.69 Å². The minimum Gasteiger partial charge on any atom is -0.477 e. The molecule has 0 saturated heterocycles. The second-order valence-corrected chi connectivity index (χ2v) is 6.08. The van der Waals surface area contributed by atoms with E-state index in [4.69, 9.17) is 27.9 Å². The van der Waals surface area contributed by atoms with Crippen LogP contribution in [0.15, 0.2) is 49.1 Å². The average molecular weight is 408 g/mol. The van der Waals surface area contributed by atoms with Crippen LogP contribution in [0.4, 0.5) is 11.4 Å². The molecule has 3 aromatic rings. The molecule has 138 valence electrons. The maximum atomic E-state index is 12.2. The maximum Gasteiger partial charge on any atom is 0.312 e. The zero-order chi connectivity index (χ0) is 19.4. The van der Waals surface area contributed by atoms with Crippen molar-refractivity contribution < 1.29 is 14.5 Å². The fourth-order valence-electron chi connectivity index (χ4n) is 2.23. The molecule has 0 unspecified atom stereocenters. The largest absolute Gasteiger partial charge is 0.477 e. The first-order valence-corrected chi connectivity index (χ1v) is 8.21. The van der Waals surface area contributed by atoms with Gasteiger partial charge in [0, 0.05) is 16.1 Å². The van der Waals surface area contributed by atoms with Crippen LogP contribution in [0.1, 0.15) is 0 Å². The van der Waals surface area contributed by atoms with Crippen molar-refractivity contribution >= 4 is 40.5 Å². The van der Waals surface area contributed by atoms with Gasteiger partial charge < -0.3 is 10.1 Å². The molecule has 2 aromatic carbocycles. The lowest BCUT2D eigenvalue weighted by Gasteiger charge is -2.12. The highest BCUT2D eigenvalue weighted by Gasteiger charge is 2.17. The third-order valence-electron chi connectivity index (χ3n) is 3.37. The summed E-state index contributed by atoms with van der Waals surface area (Å²) in [4.78, 5) is 26.5. The van der Waals surface area contributed by atoms with Gasteiger partial charge in [0.15, 0.2) is 12.4 Å². The van der Waals surface area contributed by atoms with Crippen LogP contribution in [0.3, 0.4) is 0 Å². The van der Waals surface area contributed by atoms with E-state index in [0.29, 0.717) is 16.4 Å². The molecule has 0 bridgehead atoms. The van der Waals surface area contributed by atoms with E-state index in [0.717, 1.165) is 6.07 Å². The lowest BCUT2D eigenvalue weighted by molar-refractivity contribution is -0.385. The van der Waals surface area contributed by atoms with E-state index in [1.165, 1.54) is 29.5 Å². The Kier molecular flexibility index (Phi) is 5.53. The number of halogens is 2. The average Bonchev–Trinajstić information content (AvgIpc) is 3.15. The zero-order valence-electron chi connectivity index (χ0n) is 13.5. The fraction of sp³-hybridized carbons (Fsp3) is 0.0625. The van der Waals surface area contributed by atoms with Gasteiger partial charge in [-0.3, -0.25) is 14.9 Å². The number of ether oxygens (including phenoxy) is 1. The molecular weight excluding hydrogens is 397 g/mol. The molecule has 1 amide bonds. The topological polar surface area (TPSA) is 112 Å². The monoisotopic (exact) mass is 407 g/mol. The smallest absolute Gasteiger partial charge is 0.312 e. The number of carbonyl (C=O) groups is 1. The van der Waals surface area contributed by atoms with E-state index < -0.39 is 17.4 Å². The number of nitro benzene ring substituents is 1. The molecule has 0 atom stereocenters. The van der Waals surface area contributed by atoms with E-state index in [1.54, 1.807) is 18.2 Å². The lowest BCUT2D eigenvalue weighted by Crippen LogP contribution is -2.21. The number of nitrogens with one attached hydrogen (secondary N) is 1. The number of rotatable bonds is 6. The van der Waals surface area contributed by atoms with Crippen LogP contribution in [-0.2, 0) is 4.79 Å². The molecule has 27 heavy (non-hydrogen) atoms. The van der Waals surface area contributed by atoms with E-state index in [2.05, 4.69) is 15.4 Å². The lowest BCUT2D eigenvalue weighted by atomic mass is 10.2. The molecule has 0 saturated carbocycles. The maximum absolute atomic E-state index is 12.2. The highest BCUT2D eigenvalue weighted by atomic mass is 35.5. The van der Waals surface area contributed by atoms with Gasteiger partial charge in [-0.15, -0.1) is 0 Å². The van der Waals surface area contributed by atoms with E-state index >= 15 is 0 Å². The number of nitrogens with zero attached hydrogens (tertiary/aromatic N) is 4. The summed E-state index contributed by atoms with van der Waals surface area (Å²) in [5.74, 6) is -0.606. The van der Waals surface area contributed by atoms with Gasteiger partial charge in [-0.25, -0.2) is 9.67 Å². The third kappa shape index (κ3) is 4.52. The Morgan fingerprint density at radius 3 is 2.67 bits per heavy atom. The van der Waals surface area contributed by atoms with Crippen molar-refractivity contribution in [3.05, 3.63) is 69.2 Å². The van der Waals surface area contributed by atoms with Gasteiger partial charge in [0.05, 0.1) is 16.3 Å². The Labute approximate surface area is 162 Å². The van der Waals surface area contributed by atoms with Gasteiger partial charge in [0.25, 0.3) is 5.91 Å². The summed E-state index contributed by atoms with van der Waals surface area (Å²) >= 11 is 11.7. The highest BCUT2D eigenvalue weighted by molar-refractivity contribution is 6.31. The molecule has 3 rings (SSSR count). The van der Waals surface area contributed by atoms with Crippen molar-refractivity contribution in [1.29, 1.82) is 0 Å². The Bertz CT molecular complexity index is 994. The summed E-state index contributed by atoms with van der Waals surface area (Å²) in [5.41, 5.74) is 0.594. The predicted molar refractivity (Wildman–Crippen MR) is 98.6 cm³/mol. The molecule has 1 N–H and O–H groups in total. The minimum absolute atomic E-state index is 0.0675. The molecule has 0 spiro atoms.